The summed E-state index contributed by atoms with van der Waals surface area (Å²) in [5, 5.41) is 16.2. The molecule has 0 fully saturated rings. The highest BCUT2D eigenvalue weighted by atomic mass is 79.9. The highest BCUT2D eigenvalue weighted by Gasteiger charge is 2.16. The summed E-state index contributed by atoms with van der Waals surface area (Å²) in [5.41, 5.74) is 2.25. The Morgan fingerprint density at radius 3 is 2.83 bits per heavy atom. The molecule has 1 aliphatic rings. The maximum Gasteiger partial charge on any atom is 0.262 e. The molecule has 186 valence electrons. The SMILES string of the molecule is COCCCNC(=O)Cn1cc(/C=C(\C#N)C(=O)NCc2ccc3c(c2)OCO3)c2cc(Br)ccc21. The Balaban J connectivity index is 1.51. The van der Waals surface area contributed by atoms with Crippen LogP contribution < -0.4 is 20.1 Å². The minimum atomic E-state index is -0.498. The molecule has 1 aromatic heterocycles. The number of amides is 2. The second-order valence-corrected chi connectivity index (χ2v) is 9.03. The van der Waals surface area contributed by atoms with Crippen LogP contribution in [-0.2, 0) is 27.4 Å². The van der Waals surface area contributed by atoms with E-state index in [9.17, 15) is 14.9 Å². The smallest absolute Gasteiger partial charge is 0.262 e. The summed E-state index contributed by atoms with van der Waals surface area (Å²) in [5.74, 6) is 0.651. The summed E-state index contributed by atoms with van der Waals surface area (Å²) in [4.78, 5) is 25.2. The van der Waals surface area contributed by atoms with Gasteiger partial charge in [0, 0.05) is 53.9 Å². The molecule has 36 heavy (non-hydrogen) atoms. The molecule has 10 heteroatoms. The molecule has 1 aliphatic heterocycles. The number of hydrogen-bond acceptors (Lipinski definition) is 6. The monoisotopic (exact) mass is 552 g/mol. The lowest BCUT2D eigenvalue weighted by Crippen LogP contribution is -2.28. The molecule has 0 atom stereocenters. The van der Waals surface area contributed by atoms with Gasteiger partial charge in [0.15, 0.2) is 11.5 Å². The van der Waals surface area contributed by atoms with Gasteiger partial charge < -0.3 is 29.4 Å². The number of rotatable bonds is 10. The van der Waals surface area contributed by atoms with Crippen LogP contribution in [0.2, 0.25) is 0 Å². The number of halogens is 1. The summed E-state index contributed by atoms with van der Waals surface area (Å²) in [6, 6.07) is 13.1. The van der Waals surface area contributed by atoms with Crippen molar-refractivity contribution in [3.8, 4) is 17.6 Å². The van der Waals surface area contributed by atoms with Crippen LogP contribution in [0, 0.1) is 11.3 Å². The standard InChI is InChI=1S/C26H25BrN4O5/c1-34-8-2-7-29-25(32)15-31-14-19(21-11-20(27)4-5-22(21)31)10-18(12-28)26(33)30-13-17-3-6-23-24(9-17)36-16-35-23/h3-6,9-11,14H,2,7-8,13,15-16H2,1H3,(H,29,32)(H,30,33)/b18-10+. The summed E-state index contributed by atoms with van der Waals surface area (Å²) in [6.07, 6.45) is 4.04. The van der Waals surface area contributed by atoms with Gasteiger partial charge in [-0.2, -0.15) is 5.26 Å². The number of hydrogen-bond donors (Lipinski definition) is 2. The van der Waals surface area contributed by atoms with Gasteiger partial charge in [-0.25, -0.2) is 0 Å². The van der Waals surface area contributed by atoms with Crippen LogP contribution in [0.4, 0.5) is 0 Å². The molecule has 0 saturated carbocycles. The number of nitriles is 1. The van der Waals surface area contributed by atoms with Crippen LogP contribution >= 0.6 is 15.9 Å². The quantitative estimate of drug-likeness (QED) is 0.226. The fraction of sp³-hybridized carbons (Fsp3) is 0.269. The van der Waals surface area contributed by atoms with Gasteiger partial charge in [0.2, 0.25) is 12.7 Å². The lowest BCUT2D eigenvalue weighted by atomic mass is 10.1. The van der Waals surface area contributed by atoms with Crippen molar-refractivity contribution in [3.63, 3.8) is 0 Å². The van der Waals surface area contributed by atoms with Crippen molar-refractivity contribution in [1.82, 2.24) is 15.2 Å². The molecule has 0 radical (unpaired) electrons. The average Bonchev–Trinajstić information content (AvgIpc) is 3.47. The molecule has 2 N–H and O–H groups in total. The lowest BCUT2D eigenvalue weighted by Gasteiger charge is -2.07. The maximum absolute atomic E-state index is 12.8. The van der Waals surface area contributed by atoms with Crippen molar-refractivity contribution in [2.24, 2.45) is 0 Å². The minimum Gasteiger partial charge on any atom is -0.454 e. The summed E-state index contributed by atoms with van der Waals surface area (Å²) in [6.45, 7) is 1.60. The Morgan fingerprint density at radius 2 is 2.03 bits per heavy atom. The third-order valence-corrected chi connectivity index (χ3v) is 6.08. The average molecular weight is 553 g/mol. The van der Waals surface area contributed by atoms with E-state index in [1.165, 1.54) is 6.08 Å². The first kappa shape index (κ1) is 25.3. The van der Waals surface area contributed by atoms with Crippen LogP contribution in [0.1, 0.15) is 17.5 Å². The Labute approximate surface area is 216 Å². The third kappa shape index (κ3) is 6.05. The van der Waals surface area contributed by atoms with Crippen LogP contribution in [0.5, 0.6) is 11.5 Å². The van der Waals surface area contributed by atoms with E-state index in [0.29, 0.717) is 30.2 Å². The molecule has 3 aromatic rings. The molecule has 2 amide bonds. The van der Waals surface area contributed by atoms with Crippen molar-refractivity contribution in [3.05, 3.63) is 63.8 Å². The van der Waals surface area contributed by atoms with E-state index in [1.807, 2.05) is 30.3 Å². The van der Waals surface area contributed by atoms with E-state index in [2.05, 4.69) is 26.6 Å². The van der Waals surface area contributed by atoms with Gasteiger partial charge >= 0.3 is 0 Å². The van der Waals surface area contributed by atoms with E-state index in [4.69, 9.17) is 14.2 Å². The normalized spacial score (nSPS) is 12.4. The molecule has 2 aromatic carbocycles. The molecular formula is C26H25BrN4O5. The van der Waals surface area contributed by atoms with Gasteiger partial charge in [0.25, 0.3) is 5.91 Å². The lowest BCUT2D eigenvalue weighted by molar-refractivity contribution is -0.121. The molecule has 9 nitrogen and oxygen atoms in total. The number of carbonyl (C=O) groups is 2. The highest BCUT2D eigenvalue weighted by molar-refractivity contribution is 9.10. The zero-order chi connectivity index (χ0) is 25.5. The number of ether oxygens (including phenoxy) is 3. The Morgan fingerprint density at radius 1 is 1.19 bits per heavy atom. The summed E-state index contributed by atoms with van der Waals surface area (Å²) < 4.78 is 18.3. The number of aromatic nitrogens is 1. The number of carbonyl (C=O) groups excluding carboxylic acids is 2. The zero-order valence-electron chi connectivity index (χ0n) is 19.7. The topological polar surface area (TPSA) is 115 Å². The summed E-state index contributed by atoms with van der Waals surface area (Å²) in [7, 11) is 1.62. The number of benzene rings is 2. The van der Waals surface area contributed by atoms with Crippen LogP contribution in [0.15, 0.2) is 52.6 Å². The van der Waals surface area contributed by atoms with Gasteiger partial charge in [-0.1, -0.05) is 22.0 Å². The first-order chi connectivity index (χ1) is 17.5. The fourth-order valence-corrected chi connectivity index (χ4v) is 4.19. The van der Waals surface area contributed by atoms with Crippen molar-refractivity contribution in [1.29, 1.82) is 5.26 Å². The number of nitrogens with one attached hydrogen (secondary N) is 2. The van der Waals surface area contributed by atoms with Crippen molar-refractivity contribution in [2.45, 2.75) is 19.5 Å². The minimum absolute atomic E-state index is 0.0428. The molecular weight excluding hydrogens is 528 g/mol. The van der Waals surface area contributed by atoms with E-state index in [0.717, 1.165) is 27.4 Å². The third-order valence-electron chi connectivity index (χ3n) is 5.59. The van der Waals surface area contributed by atoms with E-state index in [1.54, 1.807) is 30.0 Å². The molecule has 0 bridgehead atoms. The van der Waals surface area contributed by atoms with Gasteiger partial charge in [-0.15, -0.1) is 0 Å². The van der Waals surface area contributed by atoms with Gasteiger partial charge in [-0.05, 0) is 48.4 Å². The first-order valence-electron chi connectivity index (χ1n) is 11.3. The van der Waals surface area contributed by atoms with Gasteiger partial charge in [0.05, 0.1) is 0 Å². The number of nitrogens with zero attached hydrogens (tertiary/aromatic N) is 2. The van der Waals surface area contributed by atoms with Crippen LogP contribution in [0.3, 0.4) is 0 Å². The second-order valence-electron chi connectivity index (χ2n) is 8.11. The van der Waals surface area contributed by atoms with Crippen molar-refractivity contribution >= 4 is 44.7 Å². The van der Waals surface area contributed by atoms with Gasteiger partial charge in [-0.3, -0.25) is 9.59 Å². The Kier molecular flexibility index (Phi) is 8.25. The largest absolute Gasteiger partial charge is 0.454 e. The molecule has 2 heterocycles. The first-order valence-corrected chi connectivity index (χ1v) is 12.1. The molecule has 0 spiro atoms. The van der Waals surface area contributed by atoms with E-state index >= 15 is 0 Å². The Bertz CT molecular complexity index is 1360. The van der Waals surface area contributed by atoms with Crippen LogP contribution in [0.25, 0.3) is 17.0 Å². The fourth-order valence-electron chi connectivity index (χ4n) is 3.83. The maximum atomic E-state index is 12.8. The molecule has 0 saturated heterocycles. The zero-order valence-corrected chi connectivity index (χ0v) is 21.3. The highest BCUT2D eigenvalue weighted by Crippen LogP contribution is 2.32. The Hall–Kier alpha value is -3.81. The van der Waals surface area contributed by atoms with Crippen molar-refractivity contribution < 1.29 is 23.8 Å². The molecule has 4 rings (SSSR count). The summed E-state index contributed by atoms with van der Waals surface area (Å²) >= 11 is 3.48. The van der Waals surface area contributed by atoms with Gasteiger partial charge in [0.1, 0.15) is 18.2 Å². The second kappa shape index (κ2) is 11.7. The molecule has 0 unspecified atom stereocenters. The molecule has 0 aliphatic carbocycles. The predicted octanol–water partition coefficient (Wildman–Crippen LogP) is 3.51. The number of methoxy groups -OCH3 is 1. The van der Waals surface area contributed by atoms with E-state index < -0.39 is 5.91 Å². The van der Waals surface area contributed by atoms with E-state index in [-0.39, 0.29) is 31.4 Å². The number of fused-ring (bicyclic) bond motifs is 2. The van der Waals surface area contributed by atoms with Crippen LogP contribution in [-0.4, -0.2) is 43.4 Å². The predicted molar refractivity (Wildman–Crippen MR) is 137 cm³/mol. The van der Waals surface area contributed by atoms with Crippen molar-refractivity contribution in [2.75, 3.05) is 27.1 Å².